The Balaban J connectivity index is 1.41. The molecule has 1 fully saturated rings. The number of hydrogen-bond acceptors (Lipinski definition) is 6. The van der Waals surface area contributed by atoms with Gasteiger partial charge in [-0.05, 0) is 50.1 Å². The minimum atomic E-state index is -0.372. The largest absolute Gasteiger partial charge is 0.462 e. The van der Waals surface area contributed by atoms with Crippen molar-refractivity contribution in [2.45, 2.75) is 30.7 Å². The van der Waals surface area contributed by atoms with E-state index < -0.39 is 0 Å². The smallest absolute Gasteiger partial charge is 0.338 e. The van der Waals surface area contributed by atoms with Crippen molar-refractivity contribution >= 4 is 40.2 Å². The number of aromatic nitrogens is 2. The molecule has 3 aromatic rings. The number of carbonyl (C=O) groups is 2. The highest BCUT2D eigenvalue weighted by Gasteiger charge is 2.27. The maximum absolute atomic E-state index is 12.4. The van der Waals surface area contributed by atoms with Gasteiger partial charge in [-0.25, -0.2) is 14.8 Å². The third kappa shape index (κ3) is 4.74. The molecule has 0 spiro atoms. The average Bonchev–Trinajstić information content (AvgIpc) is 3.58. The van der Waals surface area contributed by atoms with Crippen LogP contribution in [0.25, 0.3) is 10.9 Å². The summed E-state index contributed by atoms with van der Waals surface area (Å²) in [4.78, 5) is 33.5. The van der Waals surface area contributed by atoms with Crippen LogP contribution in [0.15, 0.2) is 53.6 Å². The second-order valence-electron chi connectivity index (χ2n) is 6.81. The van der Waals surface area contributed by atoms with Gasteiger partial charge in [0.1, 0.15) is 10.9 Å². The molecule has 2 aromatic carbocycles. The van der Waals surface area contributed by atoms with E-state index in [4.69, 9.17) is 9.72 Å². The number of para-hydroxylation sites is 1. The second kappa shape index (κ2) is 8.61. The van der Waals surface area contributed by atoms with Crippen LogP contribution < -0.4 is 5.32 Å². The van der Waals surface area contributed by atoms with Crippen LogP contribution in [0.4, 0.5) is 5.69 Å². The van der Waals surface area contributed by atoms with Crippen molar-refractivity contribution in [3.8, 4) is 0 Å². The number of benzene rings is 2. The van der Waals surface area contributed by atoms with Crippen molar-refractivity contribution in [3.05, 3.63) is 59.9 Å². The number of anilines is 1. The Kier molecular flexibility index (Phi) is 5.76. The van der Waals surface area contributed by atoms with Crippen LogP contribution >= 0.6 is 11.8 Å². The Bertz CT molecular complexity index is 1050. The number of nitrogens with one attached hydrogen (secondary N) is 1. The summed E-state index contributed by atoms with van der Waals surface area (Å²) in [7, 11) is 0. The van der Waals surface area contributed by atoms with Crippen LogP contribution in [0.3, 0.4) is 0 Å². The molecule has 1 amide bonds. The van der Waals surface area contributed by atoms with E-state index >= 15 is 0 Å². The first-order chi connectivity index (χ1) is 14.1. The van der Waals surface area contributed by atoms with Gasteiger partial charge in [-0.2, -0.15) is 0 Å². The number of fused-ring (bicyclic) bond motifs is 1. The van der Waals surface area contributed by atoms with E-state index in [0.717, 1.165) is 34.6 Å². The fourth-order valence-electron chi connectivity index (χ4n) is 2.93. The van der Waals surface area contributed by atoms with Gasteiger partial charge in [0.05, 0.1) is 23.4 Å². The predicted octanol–water partition coefficient (Wildman–Crippen LogP) is 4.41. The minimum absolute atomic E-state index is 0.130. The normalized spacial score (nSPS) is 13.3. The summed E-state index contributed by atoms with van der Waals surface area (Å²) in [6, 6.07) is 14.6. The van der Waals surface area contributed by atoms with E-state index in [1.165, 1.54) is 11.8 Å². The molecule has 4 rings (SSSR count). The van der Waals surface area contributed by atoms with Crippen LogP contribution in [0.5, 0.6) is 0 Å². The molecular formula is C22H21N3O3S. The summed E-state index contributed by atoms with van der Waals surface area (Å²) in [5.74, 6) is 1.06. The number of esters is 1. The zero-order chi connectivity index (χ0) is 20.2. The van der Waals surface area contributed by atoms with Crippen LogP contribution in [0.2, 0.25) is 0 Å². The zero-order valence-corrected chi connectivity index (χ0v) is 16.9. The highest BCUT2D eigenvalue weighted by molar-refractivity contribution is 8.00. The van der Waals surface area contributed by atoms with Crippen molar-refractivity contribution in [2.75, 3.05) is 17.7 Å². The zero-order valence-electron chi connectivity index (χ0n) is 16.1. The molecule has 0 bridgehead atoms. The lowest BCUT2D eigenvalue weighted by Crippen LogP contribution is -2.14. The molecule has 1 aromatic heterocycles. The van der Waals surface area contributed by atoms with Crippen LogP contribution in [-0.4, -0.2) is 34.2 Å². The van der Waals surface area contributed by atoms with Crippen LogP contribution in [-0.2, 0) is 9.53 Å². The maximum atomic E-state index is 12.4. The molecule has 0 atom stereocenters. The van der Waals surface area contributed by atoms with Gasteiger partial charge in [-0.3, -0.25) is 4.79 Å². The number of nitrogens with zero attached hydrogens (tertiary/aromatic N) is 2. The van der Waals surface area contributed by atoms with Crippen LogP contribution in [0.1, 0.15) is 41.9 Å². The molecule has 6 nitrogen and oxygen atoms in total. The van der Waals surface area contributed by atoms with Crippen molar-refractivity contribution in [1.29, 1.82) is 0 Å². The third-order valence-electron chi connectivity index (χ3n) is 4.55. The van der Waals surface area contributed by atoms with Crippen molar-refractivity contribution in [3.63, 3.8) is 0 Å². The first kappa shape index (κ1) is 19.4. The molecule has 0 saturated heterocycles. The first-order valence-electron chi connectivity index (χ1n) is 9.60. The predicted molar refractivity (Wildman–Crippen MR) is 113 cm³/mol. The number of hydrogen-bond donors (Lipinski definition) is 1. The Hall–Kier alpha value is -2.93. The summed E-state index contributed by atoms with van der Waals surface area (Å²) >= 11 is 1.41. The minimum Gasteiger partial charge on any atom is -0.462 e. The summed E-state index contributed by atoms with van der Waals surface area (Å²) in [5, 5.41) is 4.66. The number of rotatable bonds is 7. The van der Waals surface area contributed by atoms with Gasteiger partial charge in [0.15, 0.2) is 0 Å². The fraction of sp³-hybridized carbons (Fsp3) is 0.273. The number of amides is 1. The topological polar surface area (TPSA) is 81.2 Å². The Morgan fingerprint density at radius 2 is 1.86 bits per heavy atom. The van der Waals surface area contributed by atoms with E-state index in [-0.39, 0.29) is 17.6 Å². The summed E-state index contributed by atoms with van der Waals surface area (Å²) in [5.41, 5.74) is 2.01. The van der Waals surface area contributed by atoms with Gasteiger partial charge >= 0.3 is 5.97 Å². The van der Waals surface area contributed by atoms with Crippen molar-refractivity contribution in [1.82, 2.24) is 9.97 Å². The highest BCUT2D eigenvalue weighted by atomic mass is 32.2. The molecule has 7 heteroatoms. The van der Waals surface area contributed by atoms with Crippen molar-refractivity contribution in [2.24, 2.45) is 0 Å². The first-order valence-corrected chi connectivity index (χ1v) is 10.6. The second-order valence-corrected chi connectivity index (χ2v) is 7.78. The SMILES string of the molecule is CCOC(=O)c1ccc(NC(=O)CSc2nc(C3CC3)nc3ccccc23)cc1. The van der Waals surface area contributed by atoms with E-state index in [1.807, 2.05) is 24.3 Å². The molecule has 0 unspecified atom stereocenters. The van der Waals surface area contributed by atoms with Gasteiger partial charge in [-0.15, -0.1) is 0 Å². The fourth-order valence-corrected chi connectivity index (χ4v) is 3.76. The third-order valence-corrected chi connectivity index (χ3v) is 5.54. The summed E-state index contributed by atoms with van der Waals surface area (Å²) < 4.78 is 4.96. The van der Waals surface area contributed by atoms with Crippen LogP contribution in [0, 0.1) is 0 Å². The number of thioether (sulfide) groups is 1. The van der Waals surface area contributed by atoms with Crippen molar-refractivity contribution < 1.29 is 14.3 Å². The Morgan fingerprint density at radius 1 is 1.10 bits per heavy atom. The van der Waals surface area contributed by atoms with E-state index in [1.54, 1.807) is 31.2 Å². The quantitative estimate of drug-likeness (QED) is 0.355. The maximum Gasteiger partial charge on any atom is 0.338 e. The molecule has 1 aliphatic carbocycles. The van der Waals surface area contributed by atoms with Gasteiger partial charge in [0, 0.05) is 17.0 Å². The monoisotopic (exact) mass is 407 g/mol. The summed E-state index contributed by atoms with van der Waals surface area (Å²) in [6.45, 7) is 2.09. The highest BCUT2D eigenvalue weighted by Crippen LogP contribution is 2.39. The molecule has 0 radical (unpaired) electrons. The lowest BCUT2D eigenvalue weighted by atomic mass is 10.2. The molecule has 148 valence electrons. The number of carbonyl (C=O) groups excluding carboxylic acids is 2. The van der Waals surface area contributed by atoms with Gasteiger partial charge in [0.2, 0.25) is 5.91 Å². The van der Waals surface area contributed by atoms with E-state index in [0.29, 0.717) is 23.8 Å². The molecule has 0 aliphatic heterocycles. The lowest BCUT2D eigenvalue weighted by Gasteiger charge is -2.09. The van der Waals surface area contributed by atoms with Gasteiger partial charge in [-0.1, -0.05) is 30.0 Å². The molecule has 1 saturated carbocycles. The summed E-state index contributed by atoms with van der Waals surface area (Å²) in [6.07, 6.45) is 2.26. The van der Waals surface area contributed by atoms with Gasteiger partial charge in [0.25, 0.3) is 0 Å². The van der Waals surface area contributed by atoms with E-state index in [2.05, 4.69) is 10.3 Å². The lowest BCUT2D eigenvalue weighted by molar-refractivity contribution is -0.113. The molecule has 1 N–H and O–H groups in total. The molecule has 1 aliphatic rings. The average molecular weight is 407 g/mol. The Morgan fingerprint density at radius 3 is 2.59 bits per heavy atom. The van der Waals surface area contributed by atoms with Gasteiger partial charge < -0.3 is 10.1 Å². The molecule has 1 heterocycles. The standard InChI is InChI=1S/C22H21N3O3S/c1-2-28-22(27)15-9-11-16(12-10-15)23-19(26)13-29-21-17-5-3-4-6-18(17)24-20(25-21)14-7-8-14/h3-6,9-12,14H,2,7-8,13H2,1H3,(H,23,26). The molecular weight excluding hydrogens is 386 g/mol. The number of ether oxygens (including phenoxy) is 1. The van der Waals surface area contributed by atoms with E-state index in [9.17, 15) is 9.59 Å². The Labute approximate surface area is 173 Å². The molecule has 29 heavy (non-hydrogen) atoms.